The van der Waals surface area contributed by atoms with Crippen LogP contribution in [0.25, 0.3) is 0 Å². The Morgan fingerprint density at radius 2 is 2.07 bits per heavy atom. The second kappa shape index (κ2) is 3.70. The van der Waals surface area contributed by atoms with Crippen LogP contribution in [-0.4, -0.2) is 12.0 Å². The van der Waals surface area contributed by atoms with Crippen molar-refractivity contribution in [1.82, 2.24) is 0 Å². The Morgan fingerprint density at radius 1 is 1.36 bits per heavy atom. The zero-order valence-corrected chi connectivity index (χ0v) is 9.47. The summed E-state index contributed by atoms with van der Waals surface area (Å²) in [5.41, 5.74) is 2.70. The number of hydrogen-bond acceptors (Lipinski definition) is 1. The van der Waals surface area contributed by atoms with Gasteiger partial charge in [0.05, 0.1) is 4.99 Å². The van der Waals surface area contributed by atoms with E-state index in [2.05, 4.69) is 43.1 Å². The van der Waals surface area contributed by atoms with Gasteiger partial charge in [0.1, 0.15) is 0 Å². The first-order valence-corrected chi connectivity index (χ1v) is 5.46. The van der Waals surface area contributed by atoms with E-state index in [4.69, 9.17) is 12.2 Å². The Labute approximate surface area is 90.7 Å². The number of rotatable bonds is 0. The van der Waals surface area contributed by atoms with E-state index in [0.29, 0.717) is 5.92 Å². The Kier molecular flexibility index (Phi) is 2.55. The van der Waals surface area contributed by atoms with Crippen LogP contribution in [0.5, 0.6) is 0 Å². The van der Waals surface area contributed by atoms with E-state index in [1.807, 2.05) is 0 Å². The Bertz CT molecular complexity index is 359. The maximum Gasteiger partial charge on any atom is 0.0849 e. The Balaban J connectivity index is 2.45. The van der Waals surface area contributed by atoms with Crippen LogP contribution < -0.4 is 4.90 Å². The SMILES string of the molecule is CC1CCc2ccccc2N(C)C1=S. The zero-order valence-electron chi connectivity index (χ0n) is 8.66. The molecule has 0 saturated carbocycles. The Morgan fingerprint density at radius 3 is 2.86 bits per heavy atom. The summed E-state index contributed by atoms with van der Waals surface area (Å²) < 4.78 is 0. The summed E-state index contributed by atoms with van der Waals surface area (Å²) in [4.78, 5) is 3.22. The molecular weight excluding hydrogens is 190 g/mol. The predicted octanol–water partition coefficient (Wildman–Crippen LogP) is 3.03. The van der Waals surface area contributed by atoms with Gasteiger partial charge < -0.3 is 4.90 Å². The van der Waals surface area contributed by atoms with Gasteiger partial charge >= 0.3 is 0 Å². The normalized spacial score (nSPS) is 21.7. The number of fused-ring (bicyclic) bond motifs is 1. The van der Waals surface area contributed by atoms with Crippen LogP contribution in [0.4, 0.5) is 5.69 Å². The van der Waals surface area contributed by atoms with Crippen LogP contribution >= 0.6 is 12.2 Å². The van der Waals surface area contributed by atoms with Crippen molar-refractivity contribution in [1.29, 1.82) is 0 Å². The van der Waals surface area contributed by atoms with Gasteiger partial charge in [0.15, 0.2) is 0 Å². The molecule has 1 aromatic carbocycles. The highest BCUT2D eigenvalue weighted by molar-refractivity contribution is 7.80. The standard InChI is InChI=1S/C12H15NS/c1-9-7-8-10-5-3-4-6-11(10)13(2)12(9)14/h3-6,9H,7-8H2,1-2H3. The van der Waals surface area contributed by atoms with E-state index >= 15 is 0 Å². The van der Waals surface area contributed by atoms with Crippen molar-refractivity contribution < 1.29 is 0 Å². The lowest BCUT2D eigenvalue weighted by Gasteiger charge is -2.22. The number of hydrogen-bond donors (Lipinski definition) is 0. The molecule has 14 heavy (non-hydrogen) atoms. The molecule has 0 aromatic heterocycles. The van der Waals surface area contributed by atoms with Gasteiger partial charge in [-0.2, -0.15) is 0 Å². The van der Waals surface area contributed by atoms with Crippen molar-refractivity contribution in [3.63, 3.8) is 0 Å². The molecule has 0 N–H and O–H groups in total. The monoisotopic (exact) mass is 205 g/mol. The van der Waals surface area contributed by atoms with Crippen LogP contribution in [-0.2, 0) is 6.42 Å². The minimum absolute atomic E-state index is 0.516. The second-order valence-electron chi connectivity index (χ2n) is 3.97. The van der Waals surface area contributed by atoms with E-state index < -0.39 is 0 Å². The van der Waals surface area contributed by atoms with Gasteiger partial charge in [-0.15, -0.1) is 0 Å². The summed E-state index contributed by atoms with van der Waals surface area (Å²) in [5.74, 6) is 0.516. The van der Waals surface area contributed by atoms with Gasteiger partial charge in [-0.05, 0) is 24.5 Å². The second-order valence-corrected chi connectivity index (χ2v) is 4.38. The summed E-state index contributed by atoms with van der Waals surface area (Å²) in [6.45, 7) is 2.21. The van der Waals surface area contributed by atoms with E-state index in [1.54, 1.807) is 0 Å². The molecule has 1 aromatic rings. The zero-order chi connectivity index (χ0) is 10.1. The van der Waals surface area contributed by atoms with Gasteiger partial charge in [-0.1, -0.05) is 37.3 Å². The fourth-order valence-electron chi connectivity index (χ4n) is 1.99. The van der Waals surface area contributed by atoms with E-state index in [-0.39, 0.29) is 0 Å². The van der Waals surface area contributed by atoms with Crippen molar-refractivity contribution in [2.24, 2.45) is 5.92 Å². The molecule has 1 aliphatic rings. The number of para-hydroxylation sites is 1. The highest BCUT2D eigenvalue weighted by Gasteiger charge is 2.20. The van der Waals surface area contributed by atoms with Crippen LogP contribution in [0.3, 0.4) is 0 Å². The quantitative estimate of drug-likeness (QED) is 0.599. The first-order chi connectivity index (χ1) is 6.70. The van der Waals surface area contributed by atoms with E-state index in [0.717, 1.165) is 11.4 Å². The van der Waals surface area contributed by atoms with Crippen LogP contribution in [0.15, 0.2) is 24.3 Å². The maximum absolute atomic E-state index is 5.44. The van der Waals surface area contributed by atoms with Crippen molar-refractivity contribution >= 4 is 22.9 Å². The van der Waals surface area contributed by atoms with Crippen molar-refractivity contribution in [2.75, 3.05) is 11.9 Å². The summed E-state index contributed by atoms with van der Waals surface area (Å²) in [6.07, 6.45) is 2.31. The number of aryl methyl sites for hydroxylation is 1. The van der Waals surface area contributed by atoms with Crippen LogP contribution in [0, 0.1) is 5.92 Å². The first kappa shape index (κ1) is 9.66. The molecule has 0 saturated heterocycles. The molecule has 1 unspecified atom stereocenters. The molecule has 1 nitrogen and oxygen atoms in total. The lowest BCUT2D eigenvalue weighted by Crippen LogP contribution is -2.28. The number of benzene rings is 1. The molecule has 0 aliphatic carbocycles. The number of thiocarbonyl (C=S) groups is 1. The summed E-state index contributed by atoms with van der Waals surface area (Å²) >= 11 is 5.44. The van der Waals surface area contributed by atoms with Gasteiger partial charge in [-0.3, -0.25) is 0 Å². The summed E-state index contributed by atoms with van der Waals surface area (Å²) in [7, 11) is 2.07. The molecule has 0 fully saturated rings. The van der Waals surface area contributed by atoms with Crippen molar-refractivity contribution in [3.05, 3.63) is 29.8 Å². The van der Waals surface area contributed by atoms with Crippen molar-refractivity contribution in [2.45, 2.75) is 19.8 Å². The van der Waals surface area contributed by atoms with Crippen LogP contribution in [0.1, 0.15) is 18.9 Å². The van der Waals surface area contributed by atoms with Crippen LogP contribution in [0.2, 0.25) is 0 Å². The molecular formula is C12H15NS. The number of nitrogens with zero attached hydrogens (tertiary/aromatic N) is 1. The third-order valence-electron chi connectivity index (χ3n) is 2.95. The molecule has 2 rings (SSSR count). The maximum atomic E-state index is 5.44. The highest BCUT2D eigenvalue weighted by atomic mass is 32.1. The molecule has 0 amide bonds. The van der Waals surface area contributed by atoms with E-state index in [1.165, 1.54) is 17.7 Å². The minimum atomic E-state index is 0.516. The third kappa shape index (κ3) is 1.55. The largest absolute Gasteiger partial charge is 0.339 e. The fraction of sp³-hybridized carbons (Fsp3) is 0.417. The molecule has 0 radical (unpaired) electrons. The molecule has 2 heteroatoms. The highest BCUT2D eigenvalue weighted by Crippen LogP contribution is 2.28. The third-order valence-corrected chi connectivity index (χ3v) is 3.63. The lowest BCUT2D eigenvalue weighted by molar-refractivity contribution is 0.693. The molecule has 1 heterocycles. The molecule has 74 valence electrons. The topological polar surface area (TPSA) is 3.24 Å². The van der Waals surface area contributed by atoms with Crippen molar-refractivity contribution in [3.8, 4) is 0 Å². The molecule has 1 aliphatic heterocycles. The average molecular weight is 205 g/mol. The molecule has 0 spiro atoms. The molecule has 0 bridgehead atoms. The van der Waals surface area contributed by atoms with Gasteiger partial charge in [-0.25, -0.2) is 0 Å². The first-order valence-electron chi connectivity index (χ1n) is 5.05. The smallest absolute Gasteiger partial charge is 0.0849 e. The predicted molar refractivity (Wildman–Crippen MR) is 64.9 cm³/mol. The fourth-order valence-corrected chi connectivity index (χ4v) is 2.21. The summed E-state index contributed by atoms with van der Waals surface area (Å²) in [5, 5.41) is 0. The van der Waals surface area contributed by atoms with E-state index in [9.17, 15) is 0 Å². The van der Waals surface area contributed by atoms with Gasteiger partial charge in [0, 0.05) is 18.7 Å². The van der Waals surface area contributed by atoms with Gasteiger partial charge in [0.2, 0.25) is 0 Å². The summed E-state index contributed by atoms with van der Waals surface area (Å²) in [6, 6.07) is 8.53. The van der Waals surface area contributed by atoms with Gasteiger partial charge in [0.25, 0.3) is 0 Å². The average Bonchev–Trinajstić information content (AvgIpc) is 2.32. The minimum Gasteiger partial charge on any atom is -0.339 e. The number of anilines is 1. The molecule has 1 atom stereocenters. The Hall–Kier alpha value is -0.890. The lowest BCUT2D eigenvalue weighted by atomic mass is 10.0.